The first-order valence-corrected chi connectivity index (χ1v) is 4.39. The Bertz CT molecular complexity index is 378. The molecule has 4 heteroatoms. The average Bonchev–Trinajstić information content (AvgIpc) is 2.52. The summed E-state index contributed by atoms with van der Waals surface area (Å²) in [6, 6.07) is 2.66. The maximum Gasteiger partial charge on any atom is 0.155 e. The van der Waals surface area contributed by atoms with Crippen LogP contribution < -0.4 is 5.32 Å². The van der Waals surface area contributed by atoms with Gasteiger partial charge in [0.2, 0.25) is 0 Å². The Balaban J connectivity index is 2.36. The Labute approximate surface area is 79.9 Å². The molecule has 0 amide bonds. The van der Waals surface area contributed by atoms with Crippen molar-refractivity contribution in [2.75, 3.05) is 6.54 Å². The summed E-state index contributed by atoms with van der Waals surface area (Å²) in [7, 11) is 0. The van der Waals surface area contributed by atoms with E-state index in [-0.39, 0.29) is 11.3 Å². The van der Waals surface area contributed by atoms with Crippen LogP contribution in [0.15, 0.2) is 18.2 Å². The van der Waals surface area contributed by atoms with Gasteiger partial charge in [-0.05, 0) is 6.07 Å². The molecular weight excluding hydrogens is 188 g/mol. The average molecular weight is 197 g/mol. The van der Waals surface area contributed by atoms with Crippen molar-refractivity contribution >= 4 is 5.78 Å². The van der Waals surface area contributed by atoms with Crippen molar-refractivity contribution in [2.45, 2.75) is 12.5 Å². The zero-order chi connectivity index (χ0) is 10.1. The van der Waals surface area contributed by atoms with E-state index < -0.39 is 17.7 Å². The van der Waals surface area contributed by atoms with Gasteiger partial charge in [-0.25, -0.2) is 8.78 Å². The summed E-state index contributed by atoms with van der Waals surface area (Å²) in [5.41, 5.74) is 0.230. The normalized spacial score (nSPS) is 21.6. The molecule has 0 bridgehead atoms. The van der Waals surface area contributed by atoms with Crippen LogP contribution in [0, 0.1) is 11.6 Å². The summed E-state index contributed by atoms with van der Waals surface area (Å²) < 4.78 is 25.8. The Hall–Kier alpha value is -1.29. The third kappa shape index (κ3) is 1.53. The van der Waals surface area contributed by atoms with Crippen LogP contribution in [-0.2, 0) is 4.79 Å². The summed E-state index contributed by atoms with van der Waals surface area (Å²) in [5.74, 6) is -1.34. The molecule has 14 heavy (non-hydrogen) atoms. The van der Waals surface area contributed by atoms with Gasteiger partial charge in [-0.15, -0.1) is 0 Å². The van der Waals surface area contributed by atoms with Crippen LogP contribution in [-0.4, -0.2) is 12.3 Å². The molecule has 1 heterocycles. The van der Waals surface area contributed by atoms with E-state index >= 15 is 0 Å². The fourth-order valence-electron chi connectivity index (χ4n) is 1.62. The minimum atomic E-state index is -0.669. The lowest BCUT2D eigenvalue weighted by Gasteiger charge is -2.09. The third-order valence-electron chi connectivity index (χ3n) is 2.32. The van der Waals surface area contributed by atoms with Crippen LogP contribution in [0.3, 0.4) is 0 Å². The Morgan fingerprint density at radius 1 is 1.36 bits per heavy atom. The van der Waals surface area contributed by atoms with E-state index in [1.54, 1.807) is 0 Å². The van der Waals surface area contributed by atoms with Gasteiger partial charge in [0.15, 0.2) is 5.78 Å². The minimum absolute atomic E-state index is 0.0458. The molecule has 0 aromatic heterocycles. The van der Waals surface area contributed by atoms with E-state index in [4.69, 9.17) is 0 Å². The predicted molar refractivity (Wildman–Crippen MR) is 46.7 cm³/mol. The van der Waals surface area contributed by atoms with Gasteiger partial charge in [0.05, 0.1) is 6.04 Å². The number of carbonyl (C=O) groups is 1. The molecular formula is C10H9F2NO. The van der Waals surface area contributed by atoms with Crippen molar-refractivity contribution in [1.82, 2.24) is 5.32 Å². The molecule has 1 aliphatic heterocycles. The number of hydrogen-bond acceptors (Lipinski definition) is 2. The van der Waals surface area contributed by atoms with Crippen molar-refractivity contribution in [3.05, 3.63) is 35.4 Å². The summed E-state index contributed by atoms with van der Waals surface area (Å²) in [5, 5.41) is 2.87. The van der Waals surface area contributed by atoms with Gasteiger partial charge >= 0.3 is 0 Å². The predicted octanol–water partition coefficient (Wildman–Crippen LogP) is 1.57. The van der Waals surface area contributed by atoms with E-state index in [0.29, 0.717) is 13.0 Å². The molecule has 0 radical (unpaired) electrons. The molecule has 74 valence electrons. The van der Waals surface area contributed by atoms with Gasteiger partial charge in [0.25, 0.3) is 0 Å². The third-order valence-corrected chi connectivity index (χ3v) is 2.32. The van der Waals surface area contributed by atoms with Gasteiger partial charge in [0, 0.05) is 24.6 Å². The number of hydrogen-bond donors (Lipinski definition) is 1. The molecule has 0 saturated carbocycles. The molecule has 1 fully saturated rings. The molecule has 1 saturated heterocycles. The molecule has 1 atom stereocenters. The molecule has 2 rings (SSSR count). The van der Waals surface area contributed by atoms with E-state index in [1.807, 2.05) is 0 Å². The Morgan fingerprint density at radius 2 is 2.14 bits per heavy atom. The Kier molecular flexibility index (Phi) is 2.29. The highest BCUT2D eigenvalue weighted by Gasteiger charge is 2.27. The highest BCUT2D eigenvalue weighted by Crippen LogP contribution is 2.22. The molecule has 1 aliphatic rings. The van der Waals surface area contributed by atoms with Crippen LogP contribution in [0.5, 0.6) is 0 Å². The highest BCUT2D eigenvalue weighted by atomic mass is 19.1. The van der Waals surface area contributed by atoms with Crippen molar-refractivity contribution in [2.24, 2.45) is 0 Å². The first kappa shape index (κ1) is 9.27. The fourth-order valence-corrected chi connectivity index (χ4v) is 1.62. The minimum Gasteiger partial charge on any atom is -0.303 e. The topological polar surface area (TPSA) is 29.1 Å². The maximum atomic E-state index is 13.2. The largest absolute Gasteiger partial charge is 0.303 e. The van der Waals surface area contributed by atoms with Crippen molar-refractivity contribution in [3.8, 4) is 0 Å². The van der Waals surface area contributed by atoms with Gasteiger partial charge in [0.1, 0.15) is 11.6 Å². The molecule has 1 N–H and O–H groups in total. The highest BCUT2D eigenvalue weighted by molar-refractivity contribution is 5.87. The van der Waals surface area contributed by atoms with Crippen LogP contribution in [0.2, 0.25) is 0 Å². The van der Waals surface area contributed by atoms with E-state index in [0.717, 1.165) is 12.1 Å². The second kappa shape index (κ2) is 3.46. The van der Waals surface area contributed by atoms with Crippen molar-refractivity contribution in [1.29, 1.82) is 0 Å². The second-order valence-corrected chi connectivity index (χ2v) is 3.27. The molecule has 1 unspecified atom stereocenters. The standard InChI is InChI=1S/C10H9F2NO/c11-6-1-2-7(8(12)5-6)10-9(14)3-4-13-10/h1-2,5,10,13H,3-4H2. The van der Waals surface area contributed by atoms with Gasteiger partial charge in [-0.1, -0.05) is 6.07 Å². The zero-order valence-corrected chi connectivity index (χ0v) is 7.39. The quantitative estimate of drug-likeness (QED) is 0.740. The van der Waals surface area contributed by atoms with E-state index in [1.165, 1.54) is 6.07 Å². The lowest BCUT2D eigenvalue weighted by molar-refractivity contribution is -0.118. The first-order valence-electron chi connectivity index (χ1n) is 4.39. The number of nitrogens with one attached hydrogen (secondary N) is 1. The molecule has 2 nitrogen and oxygen atoms in total. The molecule has 1 aromatic carbocycles. The van der Waals surface area contributed by atoms with Gasteiger partial charge in [-0.2, -0.15) is 0 Å². The summed E-state index contributed by atoms with van der Waals surface area (Å²) in [6.07, 6.45) is 0.404. The fraction of sp³-hybridized carbons (Fsp3) is 0.300. The van der Waals surface area contributed by atoms with Crippen molar-refractivity contribution in [3.63, 3.8) is 0 Å². The van der Waals surface area contributed by atoms with Gasteiger partial charge in [-0.3, -0.25) is 4.79 Å². The lowest BCUT2D eigenvalue weighted by Crippen LogP contribution is -2.18. The number of ketones is 1. The zero-order valence-electron chi connectivity index (χ0n) is 7.39. The number of Topliss-reactive ketones (excluding diaryl/α,β-unsaturated/α-hetero) is 1. The second-order valence-electron chi connectivity index (χ2n) is 3.27. The lowest BCUT2D eigenvalue weighted by atomic mass is 10.0. The molecule has 0 spiro atoms. The summed E-state index contributed by atoms with van der Waals surface area (Å²) >= 11 is 0. The summed E-state index contributed by atoms with van der Waals surface area (Å²) in [4.78, 5) is 11.3. The van der Waals surface area contributed by atoms with E-state index in [9.17, 15) is 13.6 Å². The number of halogens is 2. The van der Waals surface area contributed by atoms with Crippen LogP contribution >= 0.6 is 0 Å². The van der Waals surface area contributed by atoms with E-state index in [2.05, 4.69) is 5.32 Å². The van der Waals surface area contributed by atoms with Crippen LogP contribution in [0.4, 0.5) is 8.78 Å². The van der Waals surface area contributed by atoms with Crippen LogP contribution in [0.1, 0.15) is 18.0 Å². The molecule has 0 aliphatic carbocycles. The summed E-state index contributed by atoms with van der Waals surface area (Å²) in [6.45, 7) is 0.556. The Morgan fingerprint density at radius 3 is 2.71 bits per heavy atom. The number of benzene rings is 1. The van der Waals surface area contributed by atoms with Crippen LogP contribution in [0.25, 0.3) is 0 Å². The first-order chi connectivity index (χ1) is 6.68. The monoisotopic (exact) mass is 197 g/mol. The van der Waals surface area contributed by atoms with Crippen molar-refractivity contribution < 1.29 is 13.6 Å². The number of carbonyl (C=O) groups excluding carboxylic acids is 1. The van der Waals surface area contributed by atoms with Gasteiger partial charge < -0.3 is 5.32 Å². The SMILES string of the molecule is O=C1CCNC1c1ccc(F)cc1F. The number of rotatable bonds is 1. The molecule has 1 aromatic rings. The smallest absolute Gasteiger partial charge is 0.155 e. The maximum absolute atomic E-state index is 13.2.